The molecule has 90 valence electrons. The molecular weight excluding hydrogens is 302 g/mol. The zero-order valence-electron chi connectivity index (χ0n) is 9.53. The van der Waals surface area contributed by atoms with E-state index in [0.29, 0.717) is 4.77 Å². The van der Waals surface area contributed by atoms with Gasteiger partial charge in [-0.1, -0.05) is 22.9 Å². The van der Waals surface area contributed by atoms with Gasteiger partial charge in [0.1, 0.15) is 11.6 Å². The molecule has 0 unspecified atom stereocenters. The minimum absolute atomic E-state index is 0.585. The molecule has 0 aliphatic rings. The first-order valence-electron chi connectivity index (χ1n) is 5.17. The zero-order valence-corrected chi connectivity index (χ0v) is 11.9. The maximum atomic E-state index is 5.24. The number of hydrogen-bond donors (Lipinski definition) is 1. The highest BCUT2D eigenvalue weighted by atomic mass is 79.9. The number of nitrogens with one attached hydrogen (secondary N) is 1. The Morgan fingerprint density at radius 3 is 2.88 bits per heavy atom. The van der Waals surface area contributed by atoms with Crippen LogP contribution >= 0.6 is 28.1 Å². The van der Waals surface area contributed by atoms with Crippen LogP contribution in [0.3, 0.4) is 0 Å². The Morgan fingerprint density at radius 1 is 1.47 bits per heavy atom. The third-order valence-electron chi connectivity index (χ3n) is 2.41. The Labute approximate surface area is 113 Å². The predicted octanol–water partition coefficient (Wildman–Crippen LogP) is 3.26. The number of aromatic nitrogens is 3. The summed E-state index contributed by atoms with van der Waals surface area (Å²) in [6.07, 6.45) is 0.808. The van der Waals surface area contributed by atoms with E-state index in [2.05, 4.69) is 26.1 Å². The summed E-state index contributed by atoms with van der Waals surface area (Å²) < 4.78 is 8.67. The highest BCUT2D eigenvalue weighted by Gasteiger charge is 2.08. The minimum Gasteiger partial charge on any atom is -0.497 e. The van der Waals surface area contributed by atoms with Crippen molar-refractivity contribution in [1.29, 1.82) is 0 Å². The largest absolute Gasteiger partial charge is 0.497 e. The molecule has 1 N–H and O–H groups in total. The van der Waals surface area contributed by atoms with E-state index in [9.17, 15) is 0 Å². The van der Waals surface area contributed by atoms with Crippen LogP contribution in [0.5, 0.6) is 5.75 Å². The van der Waals surface area contributed by atoms with Gasteiger partial charge in [0.25, 0.3) is 0 Å². The molecule has 0 aliphatic carbocycles. The van der Waals surface area contributed by atoms with Crippen LogP contribution in [-0.4, -0.2) is 21.9 Å². The van der Waals surface area contributed by atoms with Gasteiger partial charge in [-0.15, -0.1) is 0 Å². The Hall–Kier alpha value is -1.14. The highest BCUT2D eigenvalue weighted by Crippen LogP contribution is 2.24. The number of halogens is 1. The van der Waals surface area contributed by atoms with E-state index in [1.165, 1.54) is 0 Å². The second kappa shape index (κ2) is 5.01. The first-order valence-corrected chi connectivity index (χ1v) is 6.37. The van der Waals surface area contributed by atoms with Gasteiger partial charge in [0.15, 0.2) is 4.77 Å². The number of hydrogen-bond acceptors (Lipinski definition) is 3. The fraction of sp³-hybridized carbons (Fsp3) is 0.273. The lowest BCUT2D eigenvalue weighted by molar-refractivity contribution is 0.414. The Bertz CT molecular complexity index is 591. The van der Waals surface area contributed by atoms with E-state index in [4.69, 9.17) is 17.0 Å². The second-order valence-corrected chi connectivity index (χ2v) is 4.79. The molecule has 0 aliphatic heterocycles. The third-order valence-corrected chi connectivity index (χ3v) is 3.14. The number of aryl methyl sites for hydroxylation is 1. The molecule has 0 saturated carbocycles. The van der Waals surface area contributed by atoms with Crippen LogP contribution in [0, 0.1) is 4.77 Å². The number of benzene rings is 1. The van der Waals surface area contributed by atoms with Gasteiger partial charge in [-0.25, -0.2) is 0 Å². The molecule has 1 aromatic carbocycles. The Morgan fingerprint density at radius 2 is 2.24 bits per heavy atom. The summed E-state index contributed by atoms with van der Waals surface area (Å²) in [7, 11) is 1.64. The topological polar surface area (TPSA) is 42.8 Å². The molecular formula is C11H12BrN3OS. The number of ether oxygens (including phenoxy) is 1. The van der Waals surface area contributed by atoms with E-state index in [-0.39, 0.29) is 0 Å². The van der Waals surface area contributed by atoms with Gasteiger partial charge >= 0.3 is 0 Å². The zero-order chi connectivity index (χ0) is 12.4. The van der Waals surface area contributed by atoms with Gasteiger partial charge in [-0.05, 0) is 24.4 Å². The van der Waals surface area contributed by atoms with Gasteiger partial charge in [0, 0.05) is 17.0 Å². The van der Waals surface area contributed by atoms with Gasteiger partial charge in [0.2, 0.25) is 0 Å². The van der Waals surface area contributed by atoms with Crippen molar-refractivity contribution in [3.8, 4) is 11.4 Å². The van der Waals surface area contributed by atoms with Crippen LogP contribution in [0.1, 0.15) is 12.7 Å². The number of methoxy groups -OCH3 is 1. The number of H-pyrrole nitrogens is 1. The van der Waals surface area contributed by atoms with Crippen LogP contribution in [0.2, 0.25) is 0 Å². The summed E-state index contributed by atoms with van der Waals surface area (Å²) >= 11 is 8.69. The molecule has 0 amide bonds. The van der Waals surface area contributed by atoms with Crippen molar-refractivity contribution < 1.29 is 4.74 Å². The first-order chi connectivity index (χ1) is 8.15. The lowest BCUT2D eigenvalue weighted by Crippen LogP contribution is -2.00. The molecule has 0 bridgehead atoms. The predicted molar refractivity (Wildman–Crippen MR) is 72.4 cm³/mol. The average Bonchev–Trinajstić information content (AvgIpc) is 2.69. The van der Waals surface area contributed by atoms with E-state index in [1.54, 1.807) is 7.11 Å². The van der Waals surface area contributed by atoms with Crippen molar-refractivity contribution in [2.45, 2.75) is 13.3 Å². The van der Waals surface area contributed by atoms with E-state index in [1.807, 2.05) is 29.7 Å². The normalized spacial score (nSPS) is 10.5. The maximum absolute atomic E-state index is 5.24. The summed E-state index contributed by atoms with van der Waals surface area (Å²) in [4.78, 5) is 0. The number of aromatic amines is 1. The average molecular weight is 314 g/mol. The molecule has 1 aromatic heterocycles. The lowest BCUT2D eigenvalue weighted by atomic mass is 10.3. The van der Waals surface area contributed by atoms with Crippen molar-refractivity contribution in [3.05, 3.63) is 33.3 Å². The maximum Gasteiger partial charge on any atom is 0.199 e. The summed E-state index contributed by atoms with van der Waals surface area (Å²) in [6, 6.07) is 5.81. The van der Waals surface area contributed by atoms with Gasteiger partial charge < -0.3 is 4.74 Å². The fourth-order valence-corrected chi connectivity index (χ4v) is 2.34. The molecule has 2 aromatic rings. The van der Waals surface area contributed by atoms with Gasteiger partial charge in [0.05, 0.1) is 12.8 Å². The molecule has 0 saturated heterocycles. The standard InChI is InChI=1S/C11H12BrN3OS/c1-3-10-13-14-11(17)15(10)8-4-7(12)5-9(6-8)16-2/h4-6H,3H2,1-2H3,(H,14,17). The minimum atomic E-state index is 0.585. The van der Waals surface area contributed by atoms with Crippen molar-refractivity contribution in [3.63, 3.8) is 0 Å². The molecule has 4 nitrogen and oxygen atoms in total. The first kappa shape index (κ1) is 12.3. The third kappa shape index (κ3) is 2.42. The van der Waals surface area contributed by atoms with Crippen molar-refractivity contribution in [2.24, 2.45) is 0 Å². The van der Waals surface area contributed by atoms with Crippen LogP contribution in [0.15, 0.2) is 22.7 Å². The van der Waals surface area contributed by atoms with Crippen LogP contribution in [0.25, 0.3) is 5.69 Å². The molecule has 17 heavy (non-hydrogen) atoms. The summed E-state index contributed by atoms with van der Waals surface area (Å²) in [6.45, 7) is 2.04. The Kier molecular flexibility index (Phi) is 3.63. The smallest absolute Gasteiger partial charge is 0.199 e. The molecule has 6 heteroatoms. The lowest BCUT2D eigenvalue weighted by Gasteiger charge is -2.08. The molecule has 0 radical (unpaired) electrons. The van der Waals surface area contributed by atoms with Crippen molar-refractivity contribution in [2.75, 3.05) is 7.11 Å². The SMILES string of the molecule is CCc1n[nH]c(=S)n1-c1cc(Br)cc(OC)c1. The highest BCUT2D eigenvalue weighted by molar-refractivity contribution is 9.10. The van der Waals surface area contributed by atoms with Crippen molar-refractivity contribution >= 4 is 28.1 Å². The summed E-state index contributed by atoms with van der Waals surface area (Å²) in [5, 5.41) is 6.99. The molecule has 1 heterocycles. The van der Waals surface area contributed by atoms with Crippen LogP contribution in [0.4, 0.5) is 0 Å². The second-order valence-electron chi connectivity index (χ2n) is 3.48. The Balaban J connectivity index is 2.63. The number of nitrogens with zero attached hydrogens (tertiary/aromatic N) is 2. The monoisotopic (exact) mass is 313 g/mol. The van der Waals surface area contributed by atoms with Crippen molar-refractivity contribution in [1.82, 2.24) is 14.8 Å². The van der Waals surface area contributed by atoms with E-state index in [0.717, 1.165) is 28.2 Å². The summed E-state index contributed by atoms with van der Waals surface area (Å²) in [5.74, 6) is 1.68. The molecule has 0 fully saturated rings. The van der Waals surface area contributed by atoms with E-state index >= 15 is 0 Å². The molecule has 2 rings (SSSR count). The van der Waals surface area contributed by atoms with Crippen LogP contribution in [-0.2, 0) is 6.42 Å². The van der Waals surface area contributed by atoms with E-state index < -0.39 is 0 Å². The molecule has 0 spiro atoms. The quantitative estimate of drug-likeness (QED) is 0.884. The fourth-order valence-electron chi connectivity index (χ4n) is 1.63. The van der Waals surface area contributed by atoms with Gasteiger partial charge in [-0.3, -0.25) is 9.67 Å². The number of rotatable bonds is 3. The van der Waals surface area contributed by atoms with Gasteiger partial charge in [-0.2, -0.15) is 5.10 Å². The summed E-state index contributed by atoms with van der Waals surface area (Å²) in [5.41, 5.74) is 0.937. The van der Waals surface area contributed by atoms with Crippen LogP contribution < -0.4 is 4.74 Å². The molecule has 0 atom stereocenters.